The fraction of sp³-hybridized carbons (Fsp3) is 0.111. The summed E-state index contributed by atoms with van der Waals surface area (Å²) >= 11 is 0. The number of aliphatic imine (C=N–C) groups is 2. The molecular formula is C18H13N3O5. The van der Waals surface area contributed by atoms with Gasteiger partial charge < -0.3 is 10.4 Å². The molecular weight excluding hydrogens is 338 g/mol. The zero-order valence-electron chi connectivity index (χ0n) is 13.4. The minimum absolute atomic E-state index is 0.0552. The number of isocyanates is 2. The number of carbonyl (C=O) groups is 2. The van der Waals surface area contributed by atoms with Crippen LogP contribution < -0.4 is 5.32 Å². The van der Waals surface area contributed by atoms with Crippen LogP contribution in [0.15, 0.2) is 58.5 Å². The third kappa shape index (κ3) is 5.07. The summed E-state index contributed by atoms with van der Waals surface area (Å²) in [5, 5.41) is 11.8. The third-order valence-electron chi connectivity index (χ3n) is 3.46. The highest BCUT2D eigenvalue weighted by Crippen LogP contribution is 2.15. The van der Waals surface area contributed by atoms with E-state index in [0.717, 1.165) is 0 Å². The Hall–Kier alpha value is -3.86. The molecule has 0 aliphatic carbocycles. The Morgan fingerprint density at radius 3 is 1.88 bits per heavy atom. The van der Waals surface area contributed by atoms with Crippen LogP contribution in [0.3, 0.4) is 0 Å². The molecule has 2 aromatic carbocycles. The van der Waals surface area contributed by atoms with Gasteiger partial charge in [-0.05, 0) is 42.0 Å². The van der Waals surface area contributed by atoms with E-state index in [1.807, 2.05) is 0 Å². The summed E-state index contributed by atoms with van der Waals surface area (Å²) in [4.78, 5) is 50.9. The van der Waals surface area contributed by atoms with Crippen LogP contribution in [-0.2, 0) is 20.8 Å². The summed E-state index contributed by atoms with van der Waals surface area (Å²) in [6.07, 6.45) is 2.86. The van der Waals surface area contributed by atoms with Crippen molar-refractivity contribution in [1.29, 1.82) is 0 Å². The van der Waals surface area contributed by atoms with Gasteiger partial charge in [-0.3, -0.25) is 4.79 Å². The number of hydrogen-bond donors (Lipinski definition) is 2. The van der Waals surface area contributed by atoms with Gasteiger partial charge in [-0.25, -0.2) is 14.4 Å². The smallest absolute Gasteiger partial charge is 0.326 e. The molecule has 8 nitrogen and oxygen atoms in total. The largest absolute Gasteiger partial charge is 0.480 e. The number of rotatable bonds is 7. The van der Waals surface area contributed by atoms with E-state index in [1.54, 1.807) is 24.3 Å². The predicted molar refractivity (Wildman–Crippen MR) is 91.0 cm³/mol. The van der Waals surface area contributed by atoms with Crippen molar-refractivity contribution in [3.8, 4) is 0 Å². The number of aliphatic carboxylic acids is 1. The number of nitrogens with zero attached hydrogens (tertiary/aromatic N) is 2. The maximum atomic E-state index is 12.2. The van der Waals surface area contributed by atoms with Gasteiger partial charge in [0.1, 0.15) is 6.04 Å². The lowest BCUT2D eigenvalue weighted by Crippen LogP contribution is -2.42. The summed E-state index contributed by atoms with van der Waals surface area (Å²) in [6.45, 7) is 0. The van der Waals surface area contributed by atoms with Crippen molar-refractivity contribution in [1.82, 2.24) is 5.32 Å². The second kappa shape index (κ2) is 8.84. The van der Waals surface area contributed by atoms with Gasteiger partial charge in [0.15, 0.2) is 0 Å². The fourth-order valence-corrected chi connectivity index (χ4v) is 2.18. The fourth-order valence-electron chi connectivity index (χ4n) is 2.18. The minimum Gasteiger partial charge on any atom is -0.480 e. The van der Waals surface area contributed by atoms with Crippen molar-refractivity contribution < 1.29 is 24.3 Å². The molecule has 2 rings (SSSR count). The Morgan fingerprint density at radius 1 is 0.923 bits per heavy atom. The van der Waals surface area contributed by atoms with E-state index in [9.17, 15) is 24.3 Å². The summed E-state index contributed by atoms with van der Waals surface area (Å²) in [5.41, 5.74) is 1.62. The van der Waals surface area contributed by atoms with Crippen LogP contribution in [0.5, 0.6) is 0 Å². The number of hydrogen-bond acceptors (Lipinski definition) is 6. The lowest BCUT2D eigenvalue weighted by Gasteiger charge is -2.15. The van der Waals surface area contributed by atoms with Crippen LogP contribution in [0.4, 0.5) is 11.4 Å². The van der Waals surface area contributed by atoms with Crippen LogP contribution >= 0.6 is 0 Å². The van der Waals surface area contributed by atoms with E-state index in [0.29, 0.717) is 16.9 Å². The maximum Gasteiger partial charge on any atom is 0.326 e. The third-order valence-corrected chi connectivity index (χ3v) is 3.46. The van der Waals surface area contributed by atoms with E-state index in [-0.39, 0.29) is 12.0 Å². The van der Waals surface area contributed by atoms with Gasteiger partial charge in [0.25, 0.3) is 5.91 Å². The van der Waals surface area contributed by atoms with Gasteiger partial charge in [-0.2, -0.15) is 9.98 Å². The average Bonchev–Trinajstić information content (AvgIpc) is 2.63. The van der Waals surface area contributed by atoms with Gasteiger partial charge in [-0.1, -0.05) is 12.1 Å². The van der Waals surface area contributed by atoms with E-state index < -0.39 is 17.9 Å². The highest BCUT2D eigenvalue weighted by Gasteiger charge is 2.21. The molecule has 0 radical (unpaired) electrons. The van der Waals surface area contributed by atoms with Gasteiger partial charge in [0, 0.05) is 12.0 Å². The lowest BCUT2D eigenvalue weighted by atomic mass is 10.0. The Kier molecular flexibility index (Phi) is 6.28. The Bertz CT molecular complexity index is 893. The Morgan fingerprint density at radius 2 is 1.42 bits per heavy atom. The first kappa shape index (κ1) is 18.5. The lowest BCUT2D eigenvalue weighted by molar-refractivity contribution is -0.139. The number of benzene rings is 2. The van der Waals surface area contributed by atoms with Crippen LogP contribution in [0.1, 0.15) is 15.9 Å². The van der Waals surface area contributed by atoms with Crippen LogP contribution in [0.25, 0.3) is 0 Å². The number of nitrogens with one attached hydrogen (secondary N) is 1. The van der Waals surface area contributed by atoms with Gasteiger partial charge in [-0.15, -0.1) is 0 Å². The zero-order valence-corrected chi connectivity index (χ0v) is 13.4. The maximum absolute atomic E-state index is 12.2. The number of carboxylic acids is 1. The molecule has 0 saturated carbocycles. The molecule has 0 spiro atoms. The molecule has 0 aliphatic rings. The van der Waals surface area contributed by atoms with E-state index in [1.165, 1.54) is 36.4 Å². The van der Waals surface area contributed by atoms with Gasteiger partial charge in [0.05, 0.1) is 11.4 Å². The number of amides is 1. The Labute approximate surface area is 147 Å². The molecule has 0 aromatic heterocycles. The molecule has 1 unspecified atom stereocenters. The number of carbonyl (C=O) groups excluding carboxylic acids is 3. The van der Waals surface area contributed by atoms with Crippen molar-refractivity contribution in [3.63, 3.8) is 0 Å². The van der Waals surface area contributed by atoms with E-state index >= 15 is 0 Å². The molecule has 1 atom stereocenters. The minimum atomic E-state index is -1.18. The van der Waals surface area contributed by atoms with Crippen molar-refractivity contribution >= 4 is 35.4 Å². The zero-order chi connectivity index (χ0) is 18.9. The SMILES string of the molecule is O=C=Nc1ccc(CC(NC(=O)c2ccc(N=C=O)cc2)C(=O)O)cc1. The summed E-state index contributed by atoms with van der Waals surface area (Å²) < 4.78 is 0. The normalized spacial score (nSPS) is 10.8. The van der Waals surface area contributed by atoms with Crippen molar-refractivity contribution in [2.45, 2.75) is 12.5 Å². The highest BCUT2D eigenvalue weighted by atomic mass is 16.4. The molecule has 0 bridgehead atoms. The molecule has 0 saturated heterocycles. The van der Waals surface area contributed by atoms with Gasteiger partial charge in [0.2, 0.25) is 12.2 Å². The second-order valence-corrected chi connectivity index (χ2v) is 5.19. The van der Waals surface area contributed by atoms with E-state index in [4.69, 9.17) is 0 Å². The highest BCUT2D eigenvalue weighted by molar-refractivity contribution is 5.96. The molecule has 0 heterocycles. The summed E-state index contributed by atoms with van der Waals surface area (Å²) in [7, 11) is 0. The molecule has 0 fully saturated rings. The number of carboxylic acid groups (broad SMARTS) is 1. The molecule has 0 aliphatic heterocycles. The van der Waals surface area contributed by atoms with Crippen molar-refractivity contribution in [2.24, 2.45) is 9.98 Å². The molecule has 2 aromatic rings. The molecule has 26 heavy (non-hydrogen) atoms. The van der Waals surface area contributed by atoms with Crippen LogP contribution in [-0.4, -0.2) is 35.2 Å². The topological polar surface area (TPSA) is 125 Å². The van der Waals surface area contributed by atoms with Crippen LogP contribution in [0.2, 0.25) is 0 Å². The van der Waals surface area contributed by atoms with E-state index in [2.05, 4.69) is 15.3 Å². The molecule has 8 heteroatoms. The first-order chi connectivity index (χ1) is 12.5. The molecule has 1 amide bonds. The van der Waals surface area contributed by atoms with Crippen LogP contribution in [0, 0.1) is 0 Å². The molecule has 2 N–H and O–H groups in total. The van der Waals surface area contributed by atoms with Crippen molar-refractivity contribution in [3.05, 3.63) is 59.7 Å². The van der Waals surface area contributed by atoms with Gasteiger partial charge >= 0.3 is 5.97 Å². The second-order valence-electron chi connectivity index (χ2n) is 5.19. The summed E-state index contributed by atoms with van der Waals surface area (Å²) in [6, 6.07) is 10.9. The molecule has 130 valence electrons. The Balaban J connectivity index is 2.09. The average molecular weight is 351 g/mol. The predicted octanol–water partition coefficient (Wildman–Crippen LogP) is 2.05. The van der Waals surface area contributed by atoms with Crippen molar-refractivity contribution in [2.75, 3.05) is 0 Å². The standard InChI is InChI=1S/C18H13N3O5/c22-10-19-14-5-1-12(2-6-14)9-16(18(25)26)21-17(24)13-3-7-15(8-4-13)20-11-23/h1-8,16H,9H2,(H,21,24)(H,25,26). The first-order valence-corrected chi connectivity index (χ1v) is 7.42. The first-order valence-electron chi connectivity index (χ1n) is 7.42. The monoisotopic (exact) mass is 351 g/mol. The quantitative estimate of drug-likeness (QED) is 0.583. The summed E-state index contributed by atoms with van der Waals surface area (Å²) in [5.74, 6) is -1.75.